The van der Waals surface area contributed by atoms with Crippen LogP contribution in [0.1, 0.15) is 39.5 Å². The lowest BCUT2D eigenvalue weighted by Gasteiger charge is -2.37. The minimum atomic E-state index is 0.00199. The lowest BCUT2D eigenvalue weighted by atomic mass is 9.90. The van der Waals surface area contributed by atoms with Crippen LogP contribution in [0.5, 0.6) is 0 Å². The number of unbranched alkanes of at least 4 members (excludes halogenated alkanes) is 1. The fraction of sp³-hybridized carbons (Fsp3) is 1.00. The first kappa shape index (κ1) is 12.9. The van der Waals surface area contributed by atoms with Gasteiger partial charge in [-0.15, -0.1) is 0 Å². The molecule has 90 valence electrons. The lowest BCUT2D eigenvalue weighted by Crippen LogP contribution is -2.53. The number of nitrogens with two attached hydrogens (primary N) is 1. The molecule has 0 bridgehead atoms. The molecule has 0 aromatic carbocycles. The first-order valence-electron chi connectivity index (χ1n) is 6.29. The second kappa shape index (κ2) is 6.46. The van der Waals surface area contributed by atoms with Crippen LogP contribution >= 0.6 is 0 Å². The Labute approximate surface area is 94.0 Å². The molecule has 0 amide bonds. The third kappa shape index (κ3) is 4.49. The van der Waals surface area contributed by atoms with Gasteiger partial charge in [0.1, 0.15) is 0 Å². The highest BCUT2D eigenvalue weighted by atomic mass is 16.5. The van der Waals surface area contributed by atoms with Gasteiger partial charge in [-0.3, -0.25) is 0 Å². The minimum Gasteiger partial charge on any atom is -0.381 e. The molecular weight excluding hydrogens is 188 g/mol. The average Bonchev–Trinajstić information content (AvgIpc) is 2.25. The molecule has 1 heterocycles. The largest absolute Gasteiger partial charge is 0.381 e. The van der Waals surface area contributed by atoms with E-state index in [0.717, 1.165) is 39.1 Å². The highest BCUT2D eigenvalue weighted by molar-refractivity contribution is 4.89. The highest BCUT2D eigenvalue weighted by Gasteiger charge is 2.29. The van der Waals surface area contributed by atoms with E-state index in [1.165, 1.54) is 19.4 Å². The molecule has 15 heavy (non-hydrogen) atoms. The van der Waals surface area contributed by atoms with E-state index in [1.807, 2.05) is 0 Å². The number of likely N-dealkylation sites (N-methyl/N-ethyl adjacent to an activating group) is 1. The van der Waals surface area contributed by atoms with Crippen LogP contribution in [0.15, 0.2) is 0 Å². The van der Waals surface area contributed by atoms with Crippen molar-refractivity contribution in [1.29, 1.82) is 0 Å². The van der Waals surface area contributed by atoms with Crippen LogP contribution in [0.3, 0.4) is 0 Å². The van der Waals surface area contributed by atoms with Crippen molar-refractivity contribution < 1.29 is 4.74 Å². The molecule has 0 saturated carbocycles. The van der Waals surface area contributed by atoms with Crippen LogP contribution in [0.25, 0.3) is 0 Å². The molecule has 0 spiro atoms. The highest BCUT2D eigenvalue weighted by Crippen LogP contribution is 2.19. The van der Waals surface area contributed by atoms with Crippen molar-refractivity contribution in [2.75, 3.05) is 32.8 Å². The van der Waals surface area contributed by atoms with Crippen molar-refractivity contribution >= 4 is 0 Å². The quantitative estimate of drug-likeness (QED) is 0.730. The molecule has 3 heteroatoms. The maximum absolute atomic E-state index is 6.39. The lowest BCUT2D eigenvalue weighted by molar-refractivity contribution is 0.0382. The van der Waals surface area contributed by atoms with Crippen LogP contribution < -0.4 is 5.73 Å². The van der Waals surface area contributed by atoms with Gasteiger partial charge in [0.05, 0.1) is 0 Å². The Hall–Kier alpha value is -0.120. The second-order valence-corrected chi connectivity index (χ2v) is 4.70. The van der Waals surface area contributed by atoms with Gasteiger partial charge in [-0.2, -0.15) is 0 Å². The summed E-state index contributed by atoms with van der Waals surface area (Å²) in [7, 11) is 0. The zero-order valence-electron chi connectivity index (χ0n) is 10.3. The molecule has 0 aromatic heterocycles. The molecule has 1 fully saturated rings. The maximum atomic E-state index is 6.39. The summed E-state index contributed by atoms with van der Waals surface area (Å²) in [5, 5.41) is 0. The summed E-state index contributed by atoms with van der Waals surface area (Å²) in [6.45, 7) is 9.46. The Morgan fingerprint density at radius 1 is 1.27 bits per heavy atom. The Bertz CT molecular complexity index is 167. The molecule has 3 nitrogen and oxygen atoms in total. The van der Waals surface area contributed by atoms with Crippen LogP contribution in [0.2, 0.25) is 0 Å². The Balaban J connectivity index is 2.34. The van der Waals surface area contributed by atoms with Gasteiger partial charge in [-0.25, -0.2) is 0 Å². The predicted octanol–water partition coefficient (Wildman–Crippen LogP) is 1.62. The normalized spacial score (nSPS) is 20.8. The maximum Gasteiger partial charge on any atom is 0.0484 e. The van der Waals surface area contributed by atoms with Gasteiger partial charge < -0.3 is 15.4 Å². The zero-order chi connectivity index (χ0) is 11.1. The van der Waals surface area contributed by atoms with E-state index in [9.17, 15) is 0 Å². The van der Waals surface area contributed by atoms with E-state index in [-0.39, 0.29) is 5.54 Å². The summed E-state index contributed by atoms with van der Waals surface area (Å²) >= 11 is 0. The van der Waals surface area contributed by atoms with Crippen molar-refractivity contribution in [2.24, 2.45) is 5.73 Å². The molecular formula is C12H26N2O. The smallest absolute Gasteiger partial charge is 0.0484 e. The Morgan fingerprint density at radius 3 is 2.47 bits per heavy atom. The van der Waals surface area contributed by atoms with Crippen LogP contribution in [0.4, 0.5) is 0 Å². The third-order valence-corrected chi connectivity index (χ3v) is 3.30. The Kier molecular flexibility index (Phi) is 5.58. The summed E-state index contributed by atoms with van der Waals surface area (Å²) in [5.74, 6) is 0. The summed E-state index contributed by atoms with van der Waals surface area (Å²) in [5.41, 5.74) is 6.39. The molecule has 0 aliphatic carbocycles. The molecule has 1 saturated heterocycles. The van der Waals surface area contributed by atoms with E-state index in [0.29, 0.717) is 0 Å². The van der Waals surface area contributed by atoms with E-state index < -0.39 is 0 Å². The van der Waals surface area contributed by atoms with Crippen molar-refractivity contribution in [2.45, 2.75) is 45.1 Å². The monoisotopic (exact) mass is 214 g/mol. The molecule has 1 aliphatic heterocycles. The predicted molar refractivity (Wildman–Crippen MR) is 64.0 cm³/mol. The third-order valence-electron chi connectivity index (χ3n) is 3.30. The molecule has 2 N–H and O–H groups in total. The number of hydrogen-bond acceptors (Lipinski definition) is 3. The van der Waals surface area contributed by atoms with Crippen molar-refractivity contribution in [3.05, 3.63) is 0 Å². The second-order valence-electron chi connectivity index (χ2n) is 4.70. The van der Waals surface area contributed by atoms with E-state index in [4.69, 9.17) is 10.5 Å². The molecule has 1 rings (SSSR count). The van der Waals surface area contributed by atoms with Gasteiger partial charge >= 0.3 is 0 Å². The summed E-state index contributed by atoms with van der Waals surface area (Å²) in [6.07, 6.45) is 4.56. The molecule has 0 radical (unpaired) electrons. The van der Waals surface area contributed by atoms with Gasteiger partial charge in [0.2, 0.25) is 0 Å². The number of rotatable bonds is 6. The zero-order valence-corrected chi connectivity index (χ0v) is 10.3. The summed E-state index contributed by atoms with van der Waals surface area (Å²) in [6, 6.07) is 0. The standard InChI is InChI=1S/C12H26N2O/c1-3-5-8-14(4-2)11-12(13)6-9-15-10-7-12/h3-11,13H2,1-2H3. The van der Waals surface area contributed by atoms with Crippen molar-refractivity contribution in [1.82, 2.24) is 4.90 Å². The van der Waals surface area contributed by atoms with Crippen LogP contribution in [-0.2, 0) is 4.74 Å². The number of nitrogens with zero attached hydrogens (tertiary/aromatic N) is 1. The minimum absolute atomic E-state index is 0.00199. The fourth-order valence-electron chi connectivity index (χ4n) is 2.11. The van der Waals surface area contributed by atoms with E-state index in [2.05, 4.69) is 18.7 Å². The van der Waals surface area contributed by atoms with Crippen molar-refractivity contribution in [3.8, 4) is 0 Å². The van der Waals surface area contributed by atoms with Crippen molar-refractivity contribution in [3.63, 3.8) is 0 Å². The topological polar surface area (TPSA) is 38.5 Å². The van der Waals surface area contributed by atoms with Gasteiger partial charge in [0, 0.05) is 25.3 Å². The molecule has 1 aliphatic rings. The van der Waals surface area contributed by atoms with E-state index >= 15 is 0 Å². The van der Waals surface area contributed by atoms with Crippen LogP contribution in [-0.4, -0.2) is 43.3 Å². The fourth-order valence-corrected chi connectivity index (χ4v) is 2.11. The van der Waals surface area contributed by atoms with Gasteiger partial charge in [-0.1, -0.05) is 20.3 Å². The number of ether oxygens (including phenoxy) is 1. The SMILES string of the molecule is CCCCN(CC)CC1(N)CCOCC1. The van der Waals surface area contributed by atoms with Gasteiger partial charge in [-0.05, 0) is 32.4 Å². The molecule has 0 unspecified atom stereocenters. The first-order valence-corrected chi connectivity index (χ1v) is 6.29. The Morgan fingerprint density at radius 2 is 1.93 bits per heavy atom. The van der Waals surface area contributed by atoms with Crippen LogP contribution in [0, 0.1) is 0 Å². The van der Waals surface area contributed by atoms with Gasteiger partial charge in [0.15, 0.2) is 0 Å². The summed E-state index contributed by atoms with van der Waals surface area (Å²) in [4.78, 5) is 2.48. The van der Waals surface area contributed by atoms with E-state index in [1.54, 1.807) is 0 Å². The number of hydrogen-bond donors (Lipinski definition) is 1. The molecule has 0 atom stereocenters. The summed E-state index contributed by atoms with van der Waals surface area (Å²) < 4.78 is 5.36. The average molecular weight is 214 g/mol. The van der Waals surface area contributed by atoms with Gasteiger partial charge in [0.25, 0.3) is 0 Å². The molecule has 0 aromatic rings. The first-order chi connectivity index (χ1) is 7.20.